The number of nitrogens with one attached hydrogen (secondary N) is 3. The molecule has 4 atom stereocenters. The normalized spacial score (nSPS) is 14.0. The molecule has 0 aromatic carbocycles. The number of carbonyl (C=O) groups excluding carboxylic acids is 5. The number of carboxylic acid groups (broad SMARTS) is 2. The fourth-order valence-electron chi connectivity index (χ4n) is 2.69. The SMILES string of the molecule is CSCCC(NC(=O)C(CCC(=O)O)NC(=O)C(CC(N)=O)NC(=O)C(N)CCC(N)=O)C(=O)O. The Morgan fingerprint density at radius 3 is 1.77 bits per heavy atom. The number of carboxylic acids is 2. The lowest BCUT2D eigenvalue weighted by Gasteiger charge is -2.24. The average molecular weight is 521 g/mol. The van der Waals surface area contributed by atoms with Crippen molar-refractivity contribution in [3.8, 4) is 0 Å². The van der Waals surface area contributed by atoms with Crippen LogP contribution in [0, 0.1) is 0 Å². The van der Waals surface area contributed by atoms with Crippen LogP contribution in [-0.2, 0) is 33.6 Å². The van der Waals surface area contributed by atoms with E-state index >= 15 is 0 Å². The lowest BCUT2D eigenvalue weighted by Crippen LogP contribution is -2.57. The van der Waals surface area contributed by atoms with Gasteiger partial charge in [-0.25, -0.2) is 4.79 Å². The van der Waals surface area contributed by atoms with Gasteiger partial charge in [0.1, 0.15) is 18.1 Å². The van der Waals surface area contributed by atoms with Crippen LogP contribution in [0.2, 0.25) is 0 Å². The molecule has 35 heavy (non-hydrogen) atoms. The van der Waals surface area contributed by atoms with Crippen molar-refractivity contribution in [3.05, 3.63) is 0 Å². The highest BCUT2D eigenvalue weighted by Crippen LogP contribution is 2.06. The van der Waals surface area contributed by atoms with Gasteiger partial charge in [-0.3, -0.25) is 28.8 Å². The molecular weight excluding hydrogens is 488 g/mol. The molecule has 5 amide bonds. The van der Waals surface area contributed by atoms with Gasteiger partial charge in [-0.05, 0) is 31.3 Å². The van der Waals surface area contributed by atoms with E-state index in [2.05, 4.69) is 16.0 Å². The van der Waals surface area contributed by atoms with Crippen molar-refractivity contribution in [2.75, 3.05) is 12.0 Å². The van der Waals surface area contributed by atoms with Crippen molar-refractivity contribution in [1.29, 1.82) is 0 Å². The van der Waals surface area contributed by atoms with E-state index in [-0.39, 0.29) is 19.3 Å². The number of aliphatic carboxylic acids is 2. The van der Waals surface area contributed by atoms with Gasteiger partial charge in [-0.15, -0.1) is 0 Å². The third kappa shape index (κ3) is 13.8. The van der Waals surface area contributed by atoms with Crippen molar-refractivity contribution in [3.63, 3.8) is 0 Å². The molecule has 0 aromatic heterocycles. The van der Waals surface area contributed by atoms with Crippen molar-refractivity contribution < 1.29 is 43.8 Å². The third-order valence-corrected chi connectivity index (χ3v) is 5.23. The maximum atomic E-state index is 12.8. The minimum absolute atomic E-state index is 0.0748. The molecular formula is C19H32N6O9S. The second-order valence-corrected chi connectivity index (χ2v) is 8.50. The van der Waals surface area contributed by atoms with Crippen LogP contribution in [0.4, 0.5) is 0 Å². The number of hydrogen-bond acceptors (Lipinski definition) is 9. The molecule has 0 heterocycles. The highest BCUT2D eigenvalue weighted by atomic mass is 32.2. The van der Waals surface area contributed by atoms with Crippen LogP contribution in [-0.4, -0.2) is 87.9 Å². The van der Waals surface area contributed by atoms with Gasteiger partial charge in [0, 0.05) is 12.8 Å². The van der Waals surface area contributed by atoms with Crippen molar-refractivity contribution >= 4 is 53.2 Å². The summed E-state index contributed by atoms with van der Waals surface area (Å²) < 4.78 is 0. The Labute approximate surface area is 205 Å². The highest BCUT2D eigenvalue weighted by Gasteiger charge is 2.31. The van der Waals surface area contributed by atoms with E-state index in [1.807, 2.05) is 0 Å². The van der Waals surface area contributed by atoms with E-state index in [0.717, 1.165) is 0 Å². The largest absolute Gasteiger partial charge is 0.481 e. The first-order valence-electron chi connectivity index (χ1n) is 10.4. The number of amides is 5. The van der Waals surface area contributed by atoms with Crippen molar-refractivity contribution in [1.82, 2.24) is 16.0 Å². The van der Waals surface area contributed by atoms with Crippen LogP contribution in [0.25, 0.3) is 0 Å². The smallest absolute Gasteiger partial charge is 0.326 e. The summed E-state index contributed by atoms with van der Waals surface area (Å²) >= 11 is 1.35. The van der Waals surface area contributed by atoms with Crippen LogP contribution < -0.4 is 33.2 Å². The molecule has 4 unspecified atom stereocenters. The Bertz CT molecular complexity index is 810. The van der Waals surface area contributed by atoms with Crippen molar-refractivity contribution in [2.24, 2.45) is 17.2 Å². The molecule has 16 heteroatoms. The molecule has 0 aliphatic carbocycles. The fraction of sp³-hybridized carbons (Fsp3) is 0.632. The predicted octanol–water partition coefficient (Wildman–Crippen LogP) is -3.39. The Morgan fingerprint density at radius 1 is 0.743 bits per heavy atom. The predicted molar refractivity (Wildman–Crippen MR) is 124 cm³/mol. The van der Waals surface area contributed by atoms with Gasteiger partial charge in [-0.1, -0.05) is 0 Å². The minimum atomic E-state index is -1.58. The van der Waals surface area contributed by atoms with Gasteiger partial charge in [0.25, 0.3) is 0 Å². The van der Waals surface area contributed by atoms with E-state index in [9.17, 15) is 38.7 Å². The summed E-state index contributed by atoms with van der Waals surface area (Å²) in [5.74, 6) is -6.80. The number of rotatable bonds is 18. The number of thioether (sulfide) groups is 1. The van der Waals surface area contributed by atoms with E-state index in [1.54, 1.807) is 6.26 Å². The first-order valence-corrected chi connectivity index (χ1v) is 11.8. The first-order chi connectivity index (χ1) is 16.3. The zero-order valence-electron chi connectivity index (χ0n) is 19.2. The molecule has 0 radical (unpaired) electrons. The summed E-state index contributed by atoms with van der Waals surface area (Å²) in [7, 11) is 0. The number of carbonyl (C=O) groups is 7. The summed E-state index contributed by atoms with van der Waals surface area (Å²) in [4.78, 5) is 82.4. The Kier molecular flexibility index (Phi) is 14.7. The Hall–Kier alpha value is -3.40. The zero-order chi connectivity index (χ0) is 27.1. The highest BCUT2D eigenvalue weighted by molar-refractivity contribution is 7.98. The van der Waals surface area contributed by atoms with Crippen LogP contribution in [0.3, 0.4) is 0 Å². The lowest BCUT2D eigenvalue weighted by atomic mass is 10.1. The quantitative estimate of drug-likeness (QED) is 0.0882. The second kappa shape index (κ2) is 16.3. The van der Waals surface area contributed by atoms with Gasteiger partial charge < -0.3 is 43.4 Å². The average Bonchev–Trinajstić information content (AvgIpc) is 2.75. The monoisotopic (exact) mass is 520 g/mol. The lowest BCUT2D eigenvalue weighted by molar-refractivity contribution is -0.143. The van der Waals surface area contributed by atoms with Gasteiger partial charge in [0.05, 0.1) is 12.5 Å². The molecule has 198 valence electrons. The topological polar surface area (TPSA) is 274 Å². The Morgan fingerprint density at radius 2 is 1.29 bits per heavy atom. The van der Waals surface area contributed by atoms with Crippen LogP contribution >= 0.6 is 11.8 Å². The summed E-state index contributed by atoms with van der Waals surface area (Å²) in [5.41, 5.74) is 15.8. The van der Waals surface area contributed by atoms with Crippen LogP contribution in [0.1, 0.15) is 38.5 Å². The molecule has 11 N–H and O–H groups in total. The number of nitrogens with two attached hydrogens (primary N) is 3. The van der Waals surface area contributed by atoms with E-state index < -0.39 is 84.9 Å². The molecule has 15 nitrogen and oxygen atoms in total. The molecule has 0 aliphatic rings. The zero-order valence-corrected chi connectivity index (χ0v) is 20.0. The molecule has 0 rings (SSSR count). The fourth-order valence-corrected chi connectivity index (χ4v) is 3.16. The summed E-state index contributed by atoms with van der Waals surface area (Å²) in [6, 6.07) is -5.61. The number of hydrogen-bond donors (Lipinski definition) is 8. The molecule has 0 fully saturated rings. The van der Waals surface area contributed by atoms with Gasteiger partial charge in [0.15, 0.2) is 0 Å². The van der Waals surface area contributed by atoms with E-state index in [4.69, 9.17) is 22.3 Å². The molecule has 0 spiro atoms. The number of primary amides is 2. The van der Waals surface area contributed by atoms with Crippen LogP contribution in [0.15, 0.2) is 0 Å². The Balaban J connectivity index is 5.54. The maximum Gasteiger partial charge on any atom is 0.326 e. The molecule has 0 saturated carbocycles. The minimum Gasteiger partial charge on any atom is -0.481 e. The van der Waals surface area contributed by atoms with Crippen molar-refractivity contribution in [2.45, 2.75) is 62.7 Å². The van der Waals surface area contributed by atoms with Gasteiger partial charge in [-0.2, -0.15) is 11.8 Å². The third-order valence-electron chi connectivity index (χ3n) is 4.58. The first kappa shape index (κ1) is 31.6. The van der Waals surface area contributed by atoms with E-state index in [0.29, 0.717) is 5.75 Å². The van der Waals surface area contributed by atoms with E-state index in [1.165, 1.54) is 11.8 Å². The summed E-state index contributed by atoms with van der Waals surface area (Å²) in [6.45, 7) is 0. The second-order valence-electron chi connectivity index (χ2n) is 7.52. The standard InChI is InChI=1S/C19H32N6O9S/c1-35-7-6-11(19(33)34)24-17(31)10(3-5-15(28)29)23-18(32)12(8-14(22)27)25-16(30)9(20)2-4-13(21)26/h9-12H,2-8,20H2,1H3,(H2,21,26)(H2,22,27)(H,23,32)(H,24,31)(H,25,30)(H,28,29)(H,33,34). The van der Waals surface area contributed by atoms with Gasteiger partial charge >= 0.3 is 11.9 Å². The molecule has 0 aliphatic heterocycles. The maximum absolute atomic E-state index is 12.8. The molecule has 0 bridgehead atoms. The molecule has 0 saturated heterocycles. The summed E-state index contributed by atoms with van der Waals surface area (Å²) in [6.07, 6.45) is -0.168. The van der Waals surface area contributed by atoms with Gasteiger partial charge in [0.2, 0.25) is 29.5 Å². The van der Waals surface area contributed by atoms with Crippen LogP contribution in [0.5, 0.6) is 0 Å². The molecule has 0 aromatic rings. The summed E-state index contributed by atoms with van der Waals surface area (Å²) in [5, 5.41) is 24.9.